The smallest absolute Gasteiger partial charge is 0.254 e. The minimum Gasteiger partial charge on any atom is -0.454 e. The van der Waals surface area contributed by atoms with Gasteiger partial charge in [0.15, 0.2) is 11.5 Å². The van der Waals surface area contributed by atoms with E-state index in [9.17, 15) is 9.90 Å². The average molecular weight is 334 g/mol. The second-order valence-corrected chi connectivity index (χ2v) is 6.87. The lowest BCUT2D eigenvalue weighted by Gasteiger charge is -2.42. The lowest BCUT2D eigenvalue weighted by atomic mass is 10.0. The van der Waals surface area contributed by atoms with Gasteiger partial charge in [-0.2, -0.15) is 0 Å². The van der Waals surface area contributed by atoms with E-state index in [1.165, 1.54) is 0 Å². The largest absolute Gasteiger partial charge is 0.454 e. The number of hydrogen-bond donors (Lipinski definition) is 1. The molecule has 1 fully saturated rings. The molecule has 24 heavy (non-hydrogen) atoms. The molecule has 0 radical (unpaired) electrons. The first-order chi connectivity index (χ1) is 11.6. The van der Waals surface area contributed by atoms with Crippen LogP contribution >= 0.6 is 0 Å². The van der Waals surface area contributed by atoms with Crippen molar-refractivity contribution < 1.29 is 19.4 Å². The Bertz CT molecular complexity index is 590. The molecule has 1 amide bonds. The van der Waals surface area contributed by atoms with E-state index in [1.54, 1.807) is 18.2 Å². The molecule has 0 aliphatic carbocycles. The van der Waals surface area contributed by atoms with Gasteiger partial charge in [0, 0.05) is 44.4 Å². The number of carbonyl (C=O) groups is 1. The number of aliphatic hydroxyl groups is 1. The third kappa shape index (κ3) is 3.65. The maximum Gasteiger partial charge on any atom is 0.254 e. The van der Waals surface area contributed by atoms with Crippen molar-refractivity contribution in [3.63, 3.8) is 0 Å². The van der Waals surface area contributed by atoms with E-state index < -0.39 is 0 Å². The van der Waals surface area contributed by atoms with Gasteiger partial charge in [-0.05, 0) is 30.5 Å². The molecule has 2 aliphatic heterocycles. The van der Waals surface area contributed by atoms with Crippen LogP contribution < -0.4 is 9.47 Å². The Morgan fingerprint density at radius 2 is 2.08 bits per heavy atom. The van der Waals surface area contributed by atoms with Crippen LogP contribution in [0.5, 0.6) is 11.5 Å². The molecule has 6 heteroatoms. The Hall–Kier alpha value is -1.79. The summed E-state index contributed by atoms with van der Waals surface area (Å²) in [5.74, 6) is 1.90. The van der Waals surface area contributed by atoms with Crippen molar-refractivity contribution in [1.29, 1.82) is 0 Å². The van der Waals surface area contributed by atoms with Crippen molar-refractivity contribution in [2.24, 2.45) is 5.92 Å². The molecular weight excluding hydrogens is 308 g/mol. The Morgan fingerprint density at radius 3 is 2.83 bits per heavy atom. The Morgan fingerprint density at radius 1 is 1.29 bits per heavy atom. The van der Waals surface area contributed by atoms with Crippen LogP contribution in [0.3, 0.4) is 0 Å². The number of aliphatic hydroxyl groups excluding tert-OH is 1. The summed E-state index contributed by atoms with van der Waals surface area (Å²) >= 11 is 0. The van der Waals surface area contributed by atoms with Crippen LogP contribution in [-0.2, 0) is 0 Å². The number of hydrogen-bond acceptors (Lipinski definition) is 5. The zero-order chi connectivity index (χ0) is 17.1. The minimum absolute atomic E-state index is 0.0143. The fourth-order valence-electron chi connectivity index (χ4n) is 3.42. The van der Waals surface area contributed by atoms with Crippen LogP contribution in [0.1, 0.15) is 30.6 Å². The topological polar surface area (TPSA) is 62.2 Å². The van der Waals surface area contributed by atoms with E-state index >= 15 is 0 Å². The first kappa shape index (κ1) is 17.0. The van der Waals surface area contributed by atoms with Crippen LogP contribution in [0.2, 0.25) is 0 Å². The zero-order valence-electron chi connectivity index (χ0n) is 14.4. The molecule has 6 nitrogen and oxygen atoms in total. The summed E-state index contributed by atoms with van der Waals surface area (Å²) in [5.41, 5.74) is 0.624. The highest BCUT2D eigenvalue weighted by atomic mass is 16.7. The summed E-state index contributed by atoms with van der Waals surface area (Å²) in [6, 6.07) is 5.54. The predicted octanol–water partition coefficient (Wildman–Crippen LogP) is 1.58. The van der Waals surface area contributed by atoms with Gasteiger partial charge in [0.05, 0.1) is 0 Å². The summed E-state index contributed by atoms with van der Waals surface area (Å²) in [4.78, 5) is 17.1. The van der Waals surface area contributed by atoms with E-state index in [0.29, 0.717) is 42.5 Å². The van der Waals surface area contributed by atoms with Crippen LogP contribution in [0.4, 0.5) is 0 Å². The van der Waals surface area contributed by atoms with E-state index in [2.05, 4.69) is 18.7 Å². The Balaban J connectivity index is 1.69. The number of amides is 1. The molecule has 2 aliphatic rings. The van der Waals surface area contributed by atoms with Gasteiger partial charge in [0.2, 0.25) is 6.79 Å². The third-order valence-electron chi connectivity index (χ3n) is 4.57. The Kier molecular flexibility index (Phi) is 5.26. The summed E-state index contributed by atoms with van der Waals surface area (Å²) in [5, 5.41) is 9.36. The van der Waals surface area contributed by atoms with Gasteiger partial charge in [-0.3, -0.25) is 9.69 Å². The number of carbonyl (C=O) groups excluding carboxylic acids is 1. The molecule has 1 aromatic rings. The first-order valence-corrected chi connectivity index (χ1v) is 8.62. The fourth-order valence-corrected chi connectivity index (χ4v) is 3.42. The highest BCUT2D eigenvalue weighted by molar-refractivity contribution is 5.95. The van der Waals surface area contributed by atoms with Crippen molar-refractivity contribution in [3.8, 4) is 11.5 Å². The molecular formula is C18H26N2O4. The summed E-state index contributed by atoms with van der Waals surface area (Å²) in [7, 11) is 0. The van der Waals surface area contributed by atoms with Gasteiger partial charge in [-0.1, -0.05) is 13.8 Å². The van der Waals surface area contributed by atoms with Gasteiger partial charge in [0.1, 0.15) is 0 Å². The third-order valence-corrected chi connectivity index (χ3v) is 4.57. The highest BCUT2D eigenvalue weighted by Gasteiger charge is 2.30. The normalized spacial score (nSPS) is 20.7. The number of benzene rings is 1. The first-order valence-electron chi connectivity index (χ1n) is 8.62. The number of piperazine rings is 1. The minimum atomic E-state index is 0.0143. The molecule has 0 saturated carbocycles. The summed E-state index contributed by atoms with van der Waals surface area (Å²) in [6.45, 7) is 7.95. The average Bonchev–Trinajstić information content (AvgIpc) is 3.03. The summed E-state index contributed by atoms with van der Waals surface area (Å²) in [6.07, 6.45) is 0.692. The molecule has 0 aromatic heterocycles. The van der Waals surface area contributed by atoms with Gasteiger partial charge < -0.3 is 19.5 Å². The van der Waals surface area contributed by atoms with Crippen molar-refractivity contribution in [2.75, 3.05) is 39.6 Å². The second kappa shape index (κ2) is 7.40. The van der Waals surface area contributed by atoms with E-state index in [1.807, 2.05) is 4.90 Å². The molecule has 3 rings (SSSR count). The number of fused-ring (bicyclic) bond motifs is 1. The second-order valence-electron chi connectivity index (χ2n) is 6.87. The maximum atomic E-state index is 12.8. The Labute approximate surface area is 143 Å². The van der Waals surface area contributed by atoms with Crippen LogP contribution in [0.25, 0.3) is 0 Å². The molecule has 1 atom stereocenters. The van der Waals surface area contributed by atoms with E-state index in [-0.39, 0.29) is 25.3 Å². The van der Waals surface area contributed by atoms with E-state index in [0.717, 1.165) is 13.1 Å². The van der Waals surface area contributed by atoms with Crippen molar-refractivity contribution in [2.45, 2.75) is 26.3 Å². The highest BCUT2D eigenvalue weighted by Crippen LogP contribution is 2.33. The van der Waals surface area contributed by atoms with Gasteiger partial charge >= 0.3 is 0 Å². The van der Waals surface area contributed by atoms with E-state index in [4.69, 9.17) is 9.47 Å². The van der Waals surface area contributed by atoms with Gasteiger partial charge in [0.25, 0.3) is 5.91 Å². The molecule has 132 valence electrons. The standard InChI is InChI=1S/C18H26N2O4/c1-13(2)10-19-6-7-20(11-15(19)5-8-21)18(22)14-3-4-16-17(9-14)24-12-23-16/h3-4,9,13,15,21H,5-8,10-12H2,1-2H3/t15-/m0/s1. The predicted molar refractivity (Wildman–Crippen MR) is 90.4 cm³/mol. The molecule has 1 aromatic carbocycles. The SMILES string of the molecule is CC(C)CN1CCN(C(=O)c2ccc3c(c2)OCO3)C[C@@H]1CCO. The molecule has 0 spiro atoms. The lowest BCUT2D eigenvalue weighted by Crippen LogP contribution is -2.55. The monoisotopic (exact) mass is 334 g/mol. The van der Waals surface area contributed by atoms with Crippen LogP contribution in [-0.4, -0.2) is 66.4 Å². The quantitative estimate of drug-likeness (QED) is 0.886. The number of rotatable bonds is 5. The van der Waals surface area contributed by atoms with Gasteiger partial charge in [-0.15, -0.1) is 0 Å². The maximum absolute atomic E-state index is 12.8. The fraction of sp³-hybridized carbons (Fsp3) is 0.611. The van der Waals surface area contributed by atoms with Gasteiger partial charge in [-0.25, -0.2) is 0 Å². The molecule has 1 N–H and O–H groups in total. The molecule has 0 bridgehead atoms. The van der Waals surface area contributed by atoms with Crippen molar-refractivity contribution in [3.05, 3.63) is 23.8 Å². The van der Waals surface area contributed by atoms with Crippen molar-refractivity contribution in [1.82, 2.24) is 9.80 Å². The molecule has 1 saturated heterocycles. The molecule has 0 unspecified atom stereocenters. The van der Waals surface area contributed by atoms with Crippen LogP contribution in [0.15, 0.2) is 18.2 Å². The molecule has 2 heterocycles. The number of ether oxygens (including phenoxy) is 2. The zero-order valence-corrected chi connectivity index (χ0v) is 14.4. The van der Waals surface area contributed by atoms with Crippen LogP contribution in [0, 0.1) is 5.92 Å². The van der Waals surface area contributed by atoms with Crippen molar-refractivity contribution >= 4 is 5.91 Å². The number of nitrogens with zero attached hydrogens (tertiary/aromatic N) is 2. The summed E-state index contributed by atoms with van der Waals surface area (Å²) < 4.78 is 10.7. The lowest BCUT2D eigenvalue weighted by molar-refractivity contribution is 0.0384.